The van der Waals surface area contributed by atoms with E-state index in [1.54, 1.807) is 0 Å². The molecule has 2 nitrogen and oxygen atoms in total. The van der Waals surface area contributed by atoms with Crippen molar-refractivity contribution in [2.24, 2.45) is 0 Å². The van der Waals surface area contributed by atoms with Crippen LogP contribution in [0.4, 0.5) is 17.1 Å². The largest absolute Gasteiger partial charge is 0.455 e. The van der Waals surface area contributed by atoms with E-state index < -0.39 is 0 Å². The Balaban J connectivity index is 0.798. The molecule has 0 N–H and O–H groups in total. The van der Waals surface area contributed by atoms with Gasteiger partial charge in [0.1, 0.15) is 11.3 Å². The summed E-state index contributed by atoms with van der Waals surface area (Å²) in [4.78, 5) is 2.35. The van der Waals surface area contributed by atoms with Crippen molar-refractivity contribution in [2.75, 3.05) is 4.90 Å². The third kappa shape index (κ3) is 8.11. The highest BCUT2D eigenvalue weighted by Crippen LogP contribution is 2.43. The van der Waals surface area contributed by atoms with Crippen LogP contribution in [0.3, 0.4) is 0 Å². The van der Waals surface area contributed by atoms with Gasteiger partial charge < -0.3 is 9.32 Å². The molecule has 0 bridgehead atoms. The molecule has 13 aromatic rings. The zero-order valence-corrected chi connectivity index (χ0v) is 39.5. The maximum atomic E-state index is 6.57. The molecular formula is C70H47NO. The van der Waals surface area contributed by atoms with Crippen molar-refractivity contribution in [3.63, 3.8) is 0 Å². The van der Waals surface area contributed by atoms with Gasteiger partial charge in [-0.3, -0.25) is 0 Å². The predicted molar refractivity (Wildman–Crippen MR) is 304 cm³/mol. The standard InChI is InChI=1S/C70H47NO/c1-2-14-57(15-3-1)69-67-21-8-9-23-68(67)72-70(69)61-19-10-18-59(47-61)53-26-24-49(25-27-53)51-34-40-62(41-35-51)71(64-44-38-54(39-45-64)60-33-30-48-12-4-5-16-58(48)46-60)63-42-36-52(37-43-63)50-28-31-56(32-29-50)66-22-11-17-55-13-6-7-20-65(55)66/h1-47H. The van der Waals surface area contributed by atoms with E-state index in [4.69, 9.17) is 4.42 Å². The molecule has 0 aliphatic rings. The maximum Gasteiger partial charge on any atom is 0.143 e. The molecule has 0 atom stereocenters. The van der Waals surface area contributed by atoms with E-state index in [9.17, 15) is 0 Å². The van der Waals surface area contributed by atoms with Crippen molar-refractivity contribution >= 4 is 49.6 Å². The Morgan fingerprint density at radius 3 is 1.28 bits per heavy atom. The number of rotatable bonds is 10. The topological polar surface area (TPSA) is 16.4 Å². The minimum atomic E-state index is 0.884. The Labute approximate surface area is 420 Å². The van der Waals surface area contributed by atoms with Gasteiger partial charge in [0.2, 0.25) is 0 Å². The molecule has 1 heterocycles. The Morgan fingerprint density at radius 2 is 0.653 bits per heavy atom. The van der Waals surface area contributed by atoms with Gasteiger partial charge in [-0.1, -0.05) is 231 Å². The molecule has 0 saturated carbocycles. The van der Waals surface area contributed by atoms with Crippen LogP contribution >= 0.6 is 0 Å². The lowest BCUT2D eigenvalue weighted by Crippen LogP contribution is -2.09. The van der Waals surface area contributed by atoms with Crippen LogP contribution in [-0.2, 0) is 0 Å². The normalized spacial score (nSPS) is 11.3. The van der Waals surface area contributed by atoms with E-state index in [-0.39, 0.29) is 0 Å². The van der Waals surface area contributed by atoms with Gasteiger partial charge in [-0.15, -0.1) is 0 Å². The predicted octanol–water partition coefficient (Wildman–Crippen LogP) is 19.9. The Kier molecular flexibility index (Phi) is 10.9. The third-order valence-electron chi connectivity index (χ3n) is 14.1. The lowest BCUT2D eigenvalue weighted by Gasteiger charge is -2.26. The van der Waals surface area contributed by atoms with Crippen LogP contribution < -0.4 is 4.90 Å². The second-order valence-electron chi connectivity index (χ2n) is 18.5. The van der Waals surface area contributed by atoms with Crippen LogP contribution in [0.25, 0.3) is 111 Å². The first kappa shape index (κ1) is 42.6. The highest BCUT2D eigenvalue weighted by Gasteiger charge is 2.19. The molecule has 2 heteroatoms. The molecule has 13 rings (SSSR count). The lowest BCUT2D eigenvalue weighted by molar-refractivity contribution is 0.632. The summed E-state index contributed by atoms with van der Waals surface area (Å²) < 4.78 is 6.57. The van der Waals surface area contributed by atoms with Crippen LogP contribution in [0.5, 0.6) is 0 Å². The van der Waals surface area contributed by atoms with Crippen LogP contribution in [0.2, 0.25) is 0 Å². The molecule has 1 aromatic heterocycles. The highest BCUT2D eigenvalue weighted by atomic mass is 16.3. The maximum absolute atomic E-state index is 6.57. The van der Waals surface area contributed by atoms with Crippen LogP contribution in [0.15, 0.2) is 290 Å². The van der Waals surface area contributed by atoms with Gasteiger partial charge in [-0.25, -0.2) is 0 Å². The summed E-state index contributed by atoms with van der Waals surface area (Å²) in [6, 6.07) is 103. The summed E-state index contributed by atoms with van der Waals surface area (Å²) in [7, 11) is 0. The third-order valence-corrected chi connectivity index (χ3v) is 14.1. The molecule has 72 heavy (non-hydrogen) atoms. The van der Waals surface area contributed by atoms with E-state index in [2.05, 4.69) is 278 Å². The van der Waals surface area contributed by atoms with Crippen molar-refractivity contribution in [3.05, 3.63) is 285 Å². The second-order valence-corrected chi connectivity index (χ2v) is 18.5. The van der Waals surface area contributed by atoms with Crippen LogP contribution in [0.1, 0.15) is 0 Å². The first-order chi connectivity index (χ1) is 35.7. The molecule has 0 fully saturated rings. The van der Waals surface area contributed by atoms with E-state index in [0.29, 0.717) is 0 Å². The SMILES string of the molecule is c1ccc(-c2c(-c3cccc(-c4ccc(-c5ccc(N(c6ccc(-c7ccc(-c8cccc9ccccc89)cc7)cc6)c6ccc(-c7ccc8ccccc8c7)cc6)cc5)cc4)c3)oc3ccccc23)cc1. The number of para-hydroxylation sites is 1. The second kappa shape index (κ2) is 18.4. The summed E-state index contributed by atoms with van der Waals surface area (Å²) in [6.45, 7) is 0. The Bertz CT molecular complexity index is 4030. The number of nitrogens with zero attached hydrogens (tertiary/aromatic N) is 1. The van der Waals surface area contributed by atoms with Gasteiger partial charge in [-0.05, 0) is 137 Å². The fraction of sp³-hybridized carbons (Fsp3) is 0. The van der Waals surface area contributed by atoms with Gasteiger partial charge in [0.15, 0.2) is 0 Å². The van der Waals surface area contributed by atoms with Gasteiger partial charge >= 0.3 is 0 Å². The molecule has 0 radical (unpaired) electrons. The number of fused-ring (bicyclic) bond motifs is 3. The number of furan rings is 1. The van der Waals surface area contributed by atoms with Crippen molar-refractivity contribution in [3.8, 4) is 78.1 Å². The van der Waals surface area contributed by atoms with Gasteiger partial charge in [0, 0.05) is 33.6 Å². The molecule has 12 aromatic carbocycles. The van der Waals surface area contributed by atoms with E-state index in [0.717, 1.165) is 72.7 Å². The zero-order chi connectivity index (χ0) is 47.8. The van der Waals surface area contributed by atoms with E-state index >= 15 is 0 Å². The lowest BCUT2D eigenvalue weighted by atomic mass is 9.95. The fourth-order valence-corrected chi connectivity index (χ4v) is 10.4. The average Bonchev–Trinajstić information content (AvgIpc) is 3.86. The van der Waals surface area contributed by atoms with Gasteiger partial charge in [0.25, 0.3) is 0 Å². The van der Waals surface area contributed by atoms with Crippen molar-refractivity contribution in [2.45, 2.75) is 0 Å². The molecule has 0 aliphatic heterocycles. The van der Waals surface area contributed by atoms with Crippen molar-refractivity contribution in [1.82, 2.24) is 0 Å². The zero-order valence-electron chi connectivity index (χ0n) is 39.5. The summed E-state index contributed by atoms with van der Waals surface area (Å²) >= 11 is 0. The minimum absolute atomic E-state index is 0.884. The van der Waals surface area contributed by atoms with Crippen molar-refractivity contribution < 1.29 is 4.42 Å². The fourth-order valence-electron chi connectivity index (χ4n) is 10.4. The summed E-state index contributed by atoms with van der Waals surface area (Å²) in [6.07, 6.45) is 0. The Hall–Kier alpha value is -9.50. The molecule has 0 unspecified atom stereocenters. The monoisotopic (exact) mass is 917 g/mol. The van der Waals surface area contributed by atoms with E-state index in [1.165, 1.54) is 54.9 Å². The molecule has 0 spiro atoms. The smallest absolute Gasteiger partial charge is 0.143 e. The minimum Gasteiger partial charge on any atom is -0.455 e. The van der Waals surface area contributed by atoms with Gasteiger partial charge in [0.05, 0.1) is 0 Å². The summed E-state index contributed by atoms with van der Waals surface area (Å²) in [5.74, 6) is 0.884. The highest BCUT2D eigenvalue weighted by molar-refractivity contribution is 6.02. The number of anilines is 3. The van der Waals surface area contributed by atoms with Crippen LogP contribution in [-0.4, -0.2) is 0 Å². The number of benzene rings is 12. The molecular weight excluding hydrogens is 871 g/mol. The first-order valence-electron chi connectivity index (χ1n) is 24.6. The number of hydrogen-bond donors (Lipinski definition) is 0. The summed E-state index contributed by atoms with van der Waals surface area (Å²) in [5.41, 5.74) is 19.3. The van der Waals surface area contributed by atoms with Crippen molar-refractivity contribution in [1.29, 1.82) is 0 Å². The van der Waals surface area contributed by atoms with Gasteiger partial charge in [-0.2, -0.15) is 0 Å². The molecule has 0 amide bonds. The molecule has 338 valence electrons. The average molecular weight is 918 g/mol. The summed E-state index contributed by atoms with van der Waals surface area (Å²) in [5, 5.41) is 6.12. The number of hydrogen-bond acceptors (Lipinski definition) is 2. The van der Waals surface area contributed by atoms with Crippen LogP contribution in [0, 0.1) is 0 Å². The molecule has 0 aliphatic carbocycles. The molecule has 0 saturated heterocycles. The first-order valence-corrected chi connectivity index (χ1v) is 24.6. The van der Waals surface area contributed by atoms with E-state index in [1.807, 2.05) is 12.1 Å². The Morgan fingerprint density at radius 1 is 0.236 bits per heavy atom. The quantitative estimate of drug-likeness (QED) is 0.136.